The van der Waals surface area contributed by atoms with Crippen LogP contribution in [0.3, 0.4) is 0 Å². The summed E-state index contributed by atoms with van der Waals surface area (Å²) in [5.74, 6) is -3.37. The van der Waals surface area contributed by atoms with Crippen LogP contribution in [0.4, 0.5) is 13.2 Å². The second-order valence-corrected chi connectivity index (χ2v) is 10.9. The monoisotopic (exact) mass is 524 g/mol. The summed E-state index contributed by atoms with van der Waals surface area (Å²) < 4.78 is 46.6. The fourth-order valence-corrected chi connectivity index (χ4v) is 6.51. The third-order valence-corrected chi connectivity index (χ3v) is 8.48. The number of fused-ring (bicyclic) bond motifs is 2. The van der Waals surface area contributed by atoms with Gasteiger partial charge >= 0.3 is 0 Å². The van der Waals surface area contributed by atoms with Gasteiger partial charge in [-0.15, -0.1) is 0 Å². The predicted octanol–water partition coefficient (Wildman–Crippen LogP) is 3.60. The summed E-state index contributed by atoms with van der Waals surface area (Å²) in [5.41, 5.74) is -2.59. The Labute approximate surface area is 211 Å². The molecule has 3 fully saturated rings. The first kappa shape index (κ1) is 25.1. The zero-order chi connectivity index (χ0) is 25.7. The summed E-state index contributed by atoms with van der Waals surface area (Å²) in [7, 11) is 0. The normalized spacial score (nSPS) is 32.0. The number of benzene rings is 1. The lowest BCUT2D eigenvalue weighted by Crippen LogP contribution is -2.43. The number of amides is 2. The van der Waals surface area contributed by atoms with E-state index in [1.807, 2.05) is 0 Å². The van der Waals surface area contributed by atoms with Crippen LogP contribution in [-0.4, -0.2) is 44.5 Å². The van der Waals surface area contributed by atoms with Gasteiger partial charge in [0.2, 0.25) is 11.8 Å². The molecule has 0 saturated heterocycles. The lowest BCUT2D eigenvalue weighted by molar-refractivity contribution is -0.127. The highest BCUT2D eigenvalue weighted by Gasteiger charge is 2.59. The molecule has 194 valence electrons. The number of nitrogens with zero attached hydrogens (tertiary/aromatic N) is 2. The number of aliphatic hydroxyl groups excluding tert-OH is 1. The van der Waals surface area contributed by atoms with Crippen molar-refractivity contribution >= 4 is 23.4 Å². The van der Waals surface area contributed by atoms with Crippen molar-refractivity contribution in [1.29, 1.82) is 0 Å². The third kappa shape index (κ3) is 4.61. The van der Waals surface area contributed by atoms with Gasteiger partial charge in [-0.3, -0.25) is 14.3 Å². The van der Waals surface area contributed by atoms with Crippen molar-refractivity contribution in [2.75, 3.05) is 0 Å². The summed E-state index contributed by atoms with van der Waals surface area (Å²) in [6.07, 6.45) is 3.87. The highest BCUT2D eigenvalue weighted by atomic mass is 35.5. The van der Waals surface area contributed by atoms with E-state index in [4.69, 9.17) is 11.6 Å². The van der Waals surface area contributed by atoms with Crippen LogP contribution in [-0.2, 0) is 16.1 Å². The number of hydrogen-bond donors (Lipinski definition) is 3. The van der Waals surface area contributed by atoms with Crippen molar-refractivity contribution in [2.45, 2.75) is 75.3 Å². The molecule has 2 bridgehead atoms. The van der Waals surface area contributed by atoms with Gasteiger partial charge in [0, 0.05) is 23.9 Å². The zero-order valence-electron chi connectivity index (χ0n) is 19.5. The number of hydrogen-bond acceptors (Lipinski definition) is 4. The van der Waals surface area contributed by atoms with E-state index in [-0.39, 0.29) is 55.1 Å². The molecule has 11 heteroatoms. The van der Waals surface area contributed by atoms with Crippen LogP contribution in [0.5, 0.6) is 0 Å². The van der Waals surface area contributed by atoms with Crippen molar-refractivity contribution < 1.29 is 27.9 Å². The molecule has 2 amide bonds. The van der Waals surface area contributed by atoms with Crippen LogP contribution in [0.2, 0.25) is 5.02 Å². The Morgan fingerprint density at radius 3 is 2.61 bits per heavy atom. The number of aromatic nitrogens is 2. The van der Waals surface area contributed by atoms with E-state index >= 15 is 8.78 Å². The molecule has 0 aliphatic heterocycles. The molecule has 36 heavy (non-hydrogen) atoms. The second-order valence-electron chi connectivity index (χ2n) is 10.5. The summed E-state index contributed by atoms with van der Waals surface area (Å²) >= 11 is 5.96. The number of rotatable bonds is 7. The predicted molar refractivity (Wildman–Crippen MR) is 124 cm³/mol. The first-order valence-corrected chi connectivity index (χ1v) is 12.5. The Morgan fingerprint density at radius 2 is 1.97 bits per heavy atom. The molecule has 0 spiro atoms. The lowest BCUT2D eigenvalue weighted by Gasteiger charge is -2.37. The smallest absolute Gasteiger partial charge is 0.242 e. The van der Waals surface area contributed by atoms with E-state index in [2.05, 4.69) is 15.7 Å². The number of halogens is 4. The topological polar surface area (TPSA) is 96.2 Å². The highest BCUT2D eigenvalue weighted by molar-refractivity contribution is 6.30. The van der Waals surface area contributed by atoms with Crippen molar-refractivity contribution in [3.8, 4) is 0 Å². The van der Waals surface area contributed by atoms with Gasteiger partial charge < -0.3 is 15.7 Å². The highest BCUT2D eigenvalue weighted by Crippen LogP contribution is 2.63. The minimum atomic E-state index is -1.40. The van der Waals surface area contributed by atoms with Gasteiger partial charge in [-0.25, -0.2) is 13.2 Å². The summed E-state index contributed by atoms with van der Waals surface area (Å²) in [5, 5.41) is 19.7. The Balaban J connectivity index is 1.33. The summed E-state index contributed by atoms with van der Waals surface area (Å²) in [4.78, 5) is 25.7. The molecule has 1 heterocycles. The number of alkyl halides is 1. The van der Waals surface area contributed by atoms with Crippen LogP contribution in [0.15, 0.2) is 30.6 Å². The standard InChI is InChI=1S/C25H28ClF3N4O3/c26-15-2-3-16(27)20(21(15)28)22(24-4-6-25(29,13-24)7-5-24)32-23(36)14-10-17(18(34)11-14)31-19(35)12-33-9-1-8-30-33/h1-3,8-9,14,17-18,22,34H,4-7,10-13H2,(H,31,35)(H,32,36). The van der Waals surface area contributed by atoms with Crippen LogP contribution >= 0.6 is 11.6 Å². The fraction of sp³-hybridized carbons (Fsp3) is 0.560. The number of aliphatic hydroxyl groups is 1. The van der Waals surface area contributed by atoms with Gasteiger partial charge in [-0.2, -0.15) is 5.10 Å². The zero-order valence-corrected chi connectivity index (χ0v) is 20.3. The van der Waals surface area contributed by atoms with Crippen molar-refractivity contribution in [1.82, 2.24) is 20.4 Å². The Bertz CT molecular complexity index is 1150. The minimum absolute atomic E-state index is 0.0318. The Kier molecular flexibility index (Phi) is 6.53. The van der Waals surface area contributed by atoms with Crippen molar-refractivity contribution in [3.05, 3.63) is 52.8 Å². The van der Waals surface area contributed by atoms with Gasteiger partial charge in [0.05, 0.1) is 23.2 Å². The maximum Gasteiger partial charge on any atom is 0.242 e. The Hall–Kier alpha value is -2.59. The van der Waals surface area contributed by atoms with Crippen molar-refractivity contribution in [3.63, 3.8) is 0 Å². The number of carbonyl (C=O) groups is 2. The van der Waals surface area contributed by atoms with E-state index in [0.717, 1.165) is 12.1 Å². The molecule has 3 saturated carbocycles. The van der Waals surface area contributed by atoms with Gasteiger partial charge in [0.1, 0.15) is 23.8 Å². The van der Waals surface area contributed by atoms with Crippen LogP contribution in [0, 0.1) is 23.0 Å². The van der Waals surface area contributed by atoms with Crippen molar-refractivity contribution in [2.24, 2.45) is 11.3 Å². The average Bonchev–Trinajstić information content (AvgIpc) is 3.61. The maximum atomic E-state index is 15.1. The quantitative estimate of drug-likeness (QED) is 0.482. The molecular weight excluding hydrogens is 497 g/mol. The number of nitrogens with one attached hydrogen (secondary N) is 2. The molecule has 3 N–H and O–H groups in total. The van der Waals surface area contributed by atoms with Crippen LogP contribution in [0.1, 0.15) is 56.6 Å². The first-order valence-electron chi connectivity index (χ1n) is 12.2. The SMILES string of the molecule is O=C(Cn1cccn1)NC1CC(C(=O)NC(c2c(F)ccc(Cl)c2F)C23CCC(F)(CC2)C3)CC1O. The molecule has 7 nitrogen and oxygen atoms in total. The average molecular weight is 525 g/mol. The van der Waals surface area contributed by atoms with Gasteiger partial charge in [0.15, 0.2) is 0 Å². The van der Waals surface area contributed by atoms with Gasteiger partial charge in [-0.05, 0) is 68.6 Å². The summed E-state index contributed by atoms with van der Waals surface area (Å²) in [6, 6.07) is 2.08. The van der Waals surface area contributed by atoms with E-state index in [1.54, 1.807) is 18.5 Å². The maximum absolute atomic E-state index is 15.1. The van der Waals surface area contributed by atoms with E-state index in [9.17, 15) is 19.1 Å². The van der Waals surface area contributed by atoms with Crippen LogP contribution in [0.25, 0.3) is 0 Å². The van der Waals surface area contributed by atoms with Crippen LogP contribution < -0.4 is 10.6 Å². The Morgan fingerprint density at radius 1 is 1.22 bits per heavy atom. The van der Waals surface area contributed by atoms with E-state index in [0.29, 0.717) is 12.8 Å². The molecule has 1 aromatic heterocycles. The van der Waals surface area contributed by atoms with Gasteiger partial charge in [-0.1, -0.05) is 11.6 Å². The summed E-state index contributed by atoms with van der Waals surface area (Å²) in [6.45, 7) is -0.0318. The molecule has 5 rings (SSSR count). The molecular formula is C25H28ClF3N4O3. The molecule has 1 aromatic carbocycles. The largest absolute Gasteiger partial charge is 0.391 e. The van der Waals surface area contributed by atoms with E-state index < -0.39 is 52.7 Å². The molecule has 4 unspecified atom stereocenters. The fourth-order valence-electron chi connectivity index (χ4n) is 6.35. The molecule has 3 aliphatic rings. The second kappa shape index (κ2) is 9.37. The minimum Gasteiger partial charge on any atom is -0.391 e. The van der Waals surface area contributed by atoms with E-state index in [1.165, 1.54) is 4.68 Å². The lowest BCUT2D eigenvalue weighted by atomic mass is 9.74. The first-order chi connectivity index (χ1) is 17.1. The molecule has 2 aromatic rings. The number of carbonyl (C=O) groups excluding carboxylic acids is 2. The molecule has 0 radical (unpaired) electrons. The molecule has 3 aliphatic carbocycles. The van der Waals surface area contributed by atoms with Gasteiger partial charge in [0.25, 0.3) is 0 Å². The third-order valence-electron chi connectivity index (χ3n) is 8.19. The molecule has 4 atom stereocenters.